The first-order valence-electron chi connectivity index (χ1n) is 6.59. The van der Waals surface area contributed by atoms with Gasteiger partial charge in [0.05, 0.1) is 0 Å². The first-order chi connectivity index (χ1) is 9.01. The Morgan fingerprint density at radius 2 is 2.00 bits per heavy atom. The quantitative estimate of drug-likeness (QED) is 0.677. The van der Waals surface area contributed by atoms with Gasteiger partial charge in [0.25, 0.3) is 0 Å². The van der Waals surface area contributed by atoms with Gasteiger partial charge in [0, 0.05) is 28.0 Å². The second kappa shape index (κ2) is 3.37. The average Bonchev–Trinajstić information content (AvgIpc) is 2.89. The Bertz CT molecular complexity index is 661. The second-order valence-electron chi connectivity index (χ2n) is 6.15. The number of hydrogen-bond donors (Lipinski definition) is 0. The van der Waals surface area contributed by atoms with Crippen LogP contribution in [-0.2, 0) is 0 Å². The third-order valence-corrected chi connectivity index (χ3v) is 5.26. The molecule has 0 heterocycles. The third-order valence-electron chi connectivity index (χ3n) is 5.03. The van der Waals surface area contributed by atoms with Crippen LogP contribution in [0.15, 0.2) is 30.4 Å². The zero-order valence-corrected chi connectivity index (χ0v) is 11.3. The number of fused-ring (bicyclic) bond motifs is 6. The summed E-state index contributed by atoms with van der Waals surface area (Å²) >= 11 is 5.96. The Balaban J connectivity index is 1.95. The molecule has 0 aliphatic heterocycles. The minimum atomic E-state index is -0.177. The first-order valence-corrected chi connectivity index (χ1v) is 6.96. The summed E-state index contributed by atoms with van der Waals surface area (Å²) in [5.74, 6) is 0.0847. The predicted molar refractivity (Wildman–Crippen MR) is 72.4 cm³/mol. The Morgan fingerprint density at radius 1 is 1.21 bits per heavy atom. The van der Waals surface area contributed by atoms with Gasteiger partial charge in [-0.25, -0.2) is 0 Å². The molecule has 4 atom stereocenters. The van der Waals surface area contributed by atoms with E-state index < -0.39 is 0 Å². The topological polar surface area (TPSA) is 34.1 Å². The molecule has 0 saturated heterocycles. The van der Waals surface area contributed by atoms with E-state index in [0.717, 1.165) is 6.42 Å². The van der Waals surface area contributed by atoms with Gasteiger partial charge in [0.15, 0.2) is 11.6 Å². The number of halogens is 1. The molecular formula is C16H13ClO2. The molecule has 3 aliphatic rings. The van der Waals surface area contributed by atoms with Crippen LogP contribution in [0.1, 0.15) is 34.1 Å². The van der Waals surface area contributed by atoms with Crippen molar-refractivity contribution in [1.82, 2.24) is 0 Å². The van der Waals surface area contributed by atoms with Crippen molar-refractivity contribution in [2.24, 2.45) is 23.2 Å². The number of carbonyl (C=O) groups excluding carboxylic acids is 2. The maximum atomic E-state index is 12.7. The molecule has 0 N–H and O–H groups in total. The highest BCUT2D eigenvalue weighted by atomic mass is 35.5. The fourth-order valence-electron chi connectivity index (χ4n) is 4.21. The van der Waals surface area contributed by atoms with Crippen LogP contribution in [0.3, 0.4) is 0 Å². The van der Waals surface area contributed by atoms with Crippen LogP contribution >= 0.6 is 11.6 Å². The van der Waals surface area contributed by atoms with Gasteiger partial charge in [-0.2, -0.15) is 0 Å². The Morgan fingerprint density at radius 3 is 2.79 bits per heavy atom. The van der Waals surface area contributed by atoms with E-state index in [2.05, 4.69) is 19.1 Å². The zero-order valence-electron chi connectivity index (χ0n) is 10.5. The fraction of sp³-hybridized carbons (Fsp3) is 0.375. The van der Waals surface area contributed by atoms with Gasteiger partial charge in [-0.15, -0.1) is 0 Å². The van der Waals surface area contributed by atoms with Crippen LogP contribution in [0.5, 0.6) is 0 Å². The highest BCUT2D eigenvalue weighted by Crippen LogP contribution is 2.59. The molecule has 3 aliphatic carbocycles. The summed E-state index contributed by atoms with van der Waals surface area (Å²) in [5.41, 5.74) is 0.931. The molecule has 1 aromatic rings. The van der Waals surface area contributed by atoms with E-state index >= 15 is 0 Å². The first kappa shape index (κ1) is 11.4. The van der Waals surface area contributed by atoms with Crippen molar-refractivity contribution >= 4 is 23.2 Å². The Hall–Kier alpha value is -1.41. The molecule has 0 radical (unpaired) electrons. The van der Waals surface area contributed by atoms with E-state index in [1.165, 1.54) is 0 Å². The van der Waals surface area contributed by atoms with E-state index in [1.807, 2.05) is 0 Å². The van der Waals surface area contributed by atoms with Gasteiger partial charge in [0.2, 0.25) is 0 Å². The van der Waals surface area contributed by atoms with Gasteiger partial charge in [0.1, 0.15) is 0 Å². The number of hydrogen-bond acceptors (Lipinski definition) is 2. The van der Waals surface area contributed by atoms with Crippen LogP contribution in [0.2, 0.25) is 5.02 Å². The van der Waals surface area contributed by atoms with Gasteiger partial charge in [-0.3, -0.25) is 9.59 Å². The molecule has 1 saturated carbocycles. The number of carbonyl (C=O) groups is 2. The maximum absolute atomic E-state index is 12.7. The zero-order chi connectivity index (χ0) is 13.4. The summed E-state index contributed by atoms with van der Waals surface area (Å²) in [5, 5.41) is 0.517. The lowest BCUT2D eigenvalue weighted by molar-refractivity contribution is 0.0676. The molecule has 1 fully saturated rings. The van der Waals surface area contributed by atoms with Crippen molar-refractivity contribution in [3.63, 3.8) is 0 Å². The summed E-state index contributed by atoms with van der Waals surface area (Å²) in [6.45, 7) is 2.10. The Kier molecular flexibility index (Phi) is 2.03. The van der Waals surface area contributed by atoms with Crippen molar-refractivity contribution in [3.8, 4) is 0 Å². The van der Waals surface area contributed by atoms with Crippen LogP contribution in [-0.4, -0.2) is 11.6 Å². The number of benzene rings is 1. The highest BCUT2D eigenvalue weighted by molar-refractivity contribution is 6.31. The van der Waals surface area contributed by atoms with Crippen LogP contribution in [0.25, 0.3) is 0 Å². The monoisotopic (exact) mass is 272 g/mol. The highest BCUT2D eigenvalue weighted by Gasteiger charge is 2.60. The lowest BCUT2D eigenvalue weighted by Crippen LogP contribution is -2.42. The SMILES string of the molecule is CC12C=CC(C1)C1C(=O)c3cc(Cl)ccc3C(=O)C12. The lowest BCUT2D eigenvalue weighted by Gasteiger charge is -2.35. The van der Waals surface area contributed by atoms with Crippen molar-refractivity contribution in [1.29, 1.82) is 0 Å². The van der Waals surface area contributed by atoms with Gasteiger partial charge >= 0.3 is 0 Å². The molecule has 4 unspecified atom stereocenters. The second-order valence-corrected chi connectivity index (χ2v) is 6.59. The van der Waals surface area contributed by atoms with Gasteiger partial charge in [-0.05, 0) is 36.0 Å². The van der Waals surface area contributed by atoms with E-state index in [-0.39, 0.29) is 34.7 Å². The molecule has 0 amide bonds. The molecule has 0 spiro atoms. The predicted octanol–water partition coefficient (Wildman–Crippen LogP) is 3.55. The number of rotatable bonds is 0. The smallest absolute Gasteiger partial charge is 0.168 e. The van der Waals surface area contributed by atoms with E-state index in [9.17, 15) is 9.59 Å². The van der Waals surface area contributed by atoms with Crippen molar-refractivity contribution < 1.29 is 9.59 Å². The molecule has 19 heavy (non-hydrogen) atoms. The Labute approximate surface area is 116 Å². The van der Waals surface area contributed by atoms with Crippen molar-refractivity contribution in [3.05, 3.63) is 46.5 Å². The molecule has 1 aromatic carbocycles. The molecule has 0 aromatic heterocycles. The minimum absolute atomic E-state index is 0.0974. The maximum Gasteiger partial charge on any atom is 0.168 e. The van der Waals surface area contributed by atoms with Crippen LogP contribution < -0.4 is 0 Å². The fourth-order valence-corrected chi connectivity index (χ4v) is 4.38. The van der Waals surface area contributed by atoms with E-state index in [4.69, 9.17) is 11.6 Å². The normalized spacial score (nSPS) is 38.5. The number of allylic oxidation sites excluding steroid dienone is 2. The lowest BCUT2D eigenvalue weighted by atomic mass is 9.65. The number of ketones is 2. The summed E-state index contributed by atoms with van der Waals surface area (Å²) in [6.07, 6.45) is 5.16. The average molecular weight is 273 g/mol. The summed E-state index contributed by atoms with van der Waals surface area (Å²) in [6, 6.07) is 5.04. The molecule has 96 valence electrons. The third kappa shape index (κ3) is 1.28. The van der Waals surface area contributed by atoms with E-state index in [1.54, 1.807) is 18.2 Å². The van der Waals surface area contributed by atoms with Crippen molar-refractivity contribution in [2.75, 3.05) is 0 Å². The minimum Gasteiger partial charge on any atom is -0.294 e. The van der Waals surface area contributed by atoms with Gasteiger partial charge < -0.3 is 0 Å². The van der Waals surface area contributed by atoms with E-state index in [0.29, 0.717) is 16.1 Å². The van der Waals surface area contributed by atoms with Gasteiger partial charge in [-0.1, -0.05) is 30.7 Å². The largest absolute Gasteiger partial charge is 0.294 e. The van der Waals surface area contributed by atoms with Crippen LogP contribution in [0, 0.1) is 23.2 Å². The van der Waals surface area contributed by atoms with Crippen molar-refractivity contribution in [2.45, 2.75) is 13.3 Å². The molecular weight excluding hydrogens is 260 g/mol. The summed E-state index contributed by atoms with van der Waals surface area (Å²) in [4.78, 5) is 25.4. The molecule has 2 nitrogen and oxygen atoms in total. The summed E-state index contributed by atoms with van der Waals surface area (Å²) < 4.78 is 0. The molecule has 2 bridgehead atoms. The number of Topliss-reactive ketones (excluding diaryl/α,β-unsaturated/α-hetero) is 2. The molecule has 3 heteroatoms. The molecule has 4 rings (SSSR count). The van der Waals surface area contributed by atoms with Crippen LogP contribution in [0.4, 0.5) is 0 Å². The summed E-state index contributed by atoms with van der Waals surface area (Å²) in [7, 11) is 0. The standard InChI is InChI=1S/C16H13ClO2/c1-16-5-4-8(7-16)12-13(16)15(19)10-3-2-9(17)6-11(10)14(12)18/h2-6,8,12-13H,7H2,1H3.